The molecule has 97 heavy (non-hydrogen) atoms. The number of aromatic nitrogens is 4. The van der Waals surface area contributed by atoms with E-state index in [1.807, 2.05) is 55.8 Å². The Bertz CT molecular complexity index is 4970. The molecule has 0 saturated heterocycles. The topological polar surface area (TPSA) is 64.7 Å². The molecule has 5 aromatic heterocycles. The molecule has 0 aliphatic rings. The first-order chi connectivity index (χ1) is 46.0. The summed E-state index contributed by atoms with van der Waals surface area (Å²) >= 11 is 0. The molecule has 0 amide bonds. The average molecular weight is 1440 g/mol. The summed E-state index contributed by atoms with van der Waals surface area (Å²) in [5, 5.41) is 1.96. The van der Waals surface area contributed by atoms with Gasteiger partial charge in [0.25, 0.3) is 0 Å². The minimum absolute atomic E-state index is 0. The average Bonchev–Trinajstić information content (AvgIpc) is 1.70. The van der Waals surface area contributed by atoms with Gasteiger partial charge in [-0.05, 0) is 176 Å². The largest absolute Gasteiger partial charge is 3.00 e. The van der Waals surface area contributed by atoms with Gasteiger partial charge in [0.05, 0.1) is 5.58 Å². The van der Waals surface area contributed by atoms with Gasteiger partial charge in [0.2, 0.25) is 5.71 Å². The van der Waals surface area contributed by atoms with E-state index in [2.05, 4.69) is 295 Å². The molecule has 5 heterocycles. The van der Waals surface area contributed by atoms with Gasteiger partial charge >= 0.3 is 20.1 Å². The van der Waals surface area contributed by atoms with E-state index in [9.17, 15) is 0 Å². The van der Waals surface area contributed by atoms with Crippen LogP contribution in [-0.2, 0) is 41.8 Å². The molecule has 0 bridgehead atoms. The van der Waals surface area contributed by atoms with Crippen LogP contribution in [0.5, 0.6) is 0 Å². The summed E-state index contributed by atoms with van der Waals surface area (Å²) in [6.07, 6.45) is 6.00. The zero-order valence-corrected chi connectivity index (χ0v) is 60.0. The first-order valence-electron chi connectivity index (χ1n) is 33.4. The van der Waals surface area contributed by atoms with Crippen molar-refractivity contribution in [2.24, 2.45) is 0 Å². The Morgan fingerprint density at radius 3 is 1.03 bits per heavy atom. The summed E-state index contributed by atoms with van der Waals surface area (Å²) in [5.41, 5.74) is 30.1. The number of hydrogen-bond donors (Lipinski definition) is 0. The number of benzene rings is 9. The van der Waals surface area contributed by atoms with Crippen LogP contribution in [0.2, 0.25) is 0 Å². The number of furan rings is 1. The second-order valence-corrected chi connectivity index (χ2v) is 29.8. The van der Waals surface area contributed by atoms with Gasteiger partial charge in [-0.3, -0.25) is 0 Å². The first kappa shape index (κ1) is 65.7. The molecule has 0 unspecified atom stereocenters. The number of pyridine rings is 4. The van der Waals surface area contributed by atoms with Crippen molar-refractivity contribution in [1.82, 2.24) is 19.9 Å². The van der Waals surface area contributed by atoms with Gasteiger partial charge in [0.1, 0.15) is 0 Å². The van der Waals surface area contributed by atoms with Gasteiger partial charge in [-0.15, -0.1) is 89.0 Å². The zero-order chi connectivity index (χ0) is 66.8. The molecule has 0 N–H and O–H groups in total. The first-order valence-corrected chi connectivity index (χ1v) is 33.4. The summed E-state index contributed by atoms with van der Waals surface area (Å²) in [7, 11) is 0. The monoisotopic (exact) mass is 1440 g/mol. The van der Waals surface area contributed by atoms with Crippen LogP contribution in [0.15, 0.2) is 247 Å². The third-order valence-electron chi connectivity index (χ3n) is 18.7. The van der Waals surface area contributed by atoms with Crippen LogP contribution in [0.25, 0.3) is 145 Å². The van der Waals surface area contributed by atoms with Gasteiger partial charge in [0.15, 0.2) is 0 Å². The fraction of sp³-hybridized carbons (Fsp3) is 0.187. The van der Waals surface area contributed by atoms with Crippen molar-refractivity contribution < 1.29 is 24.5 Å². The maximum absolute atomic E-state index is 6.41. The molecule has 0 aliphatic carbocycles. The van der Waals surface area contributed by atoms with Crippen LogP contribution in [0.1, 0.15) is 111 Å². The molecule has 5 nitrogen and oxygen atoms in total. The van der Waals surface area contributed by atoms with E-state index < -0.39 is 0 Å². The molecule has 478 valence electrons. The summed E-state index contributed by atoms with van der Waals surface area (Å²) in [6, 6.07) is 91.5. The molecule has 14 rings (SSSR count). The third kappa shape index (κ3) is 13.5. The second-order valence-electron chi connectivity index (χ2n) is 29.8. The molecule has 0 spiro atoms. The molecular formula is C91H79IrN4O. The third-order valence-corrected chi connectivity index (χ3v) is 18.7. The molecule has 0 aliphatic heterocycles. The van der Waals surface area contributed by atoms with Crippen molar-refractivity contribution in [2.75, 3.05) is 0 Å². The Kier molecular flexibility index (Phi) is 17.5. The van der Waals surface area contributed by atoms with Gasteiger partial charge in [-0.25, -0.2) is 4.98 Å². The van der Waals surface area contributed by atoms with Gasteiger partial charge < -0.3 is 19.4 Å². The Morgan fingerprint density at radius 1 is 0.309 bits per heavy atom. The summed E-state index contributed by atoms with van der Waals surface area (Å²) in [4.78, 5) is 20.2. The van der Waals surface area contributed by atoms with Crippen molar-refractivity contribution in [3.8, 4) is 123 Å². The fourth-order valence-corrected chi connectivity index (χ4v) is 13.0. The van der Waals surface area contributed by atoms with Crippen molar-refractivity contribution in [3.63, 3.8) is 0 Å². The van der Waals surface area contributed by atoms with E-state index in [4.69, 9.17) is 24.4 Å². The number of fused-ring (bicyclic) bond motifs is 3. The Morgan fingerprint density at radius 2 is 0.670 bits per heavy atom. The molecule has 14 aromatic rings. The number of nitrogens with zero attached hydrogens (tertiary/aromatic N) is 4. The van der Waals surface area contributed by atoms with E-state index in [0.717, 1.165) is 134 Å². The van der Waals surface area contributed by atoms with Crippen LogP contribution < -0.4 is 0 Å². The number of aryl methyl sites for hydroxylation is 1. The molecule has 0 saturated carbocycles. The van der Waals surface area contributed by atoms with Gasteiger partial charge in [0, 0.05) is 29.7 Å². The van der Waals surface area contributed by atoms with Crippen molar-refractivity contribution in [3.05, 3.63) is 289 Å². The van der Waals surface area contributed by atoms with Gasteiger partial charge in [-0.2, -0.15) is 0 Å². The van der Waals surface area contributed by atoms with Gasteiger partial charge in [-0.1, -0.05) is 240 Å². The molecular weight excluding hydrogens is 1360 g/mol. The van der Waals surface area contributed by atoms with E-state index in [0.29, 0.717) is 5.71 Å². The number of hydrogen-bond acceptors (Lipinski definition) is 5. The summed E-state index contributed by atoms with van der Waals surface area (Å²) in [6.45, 7) is 29.4. The Labute approximate surface area is 586 Å². The van der Waals surface area contributed by atoms with E-state index in [1.165, 1.54) is 33.4 Å². The predicted molar refractivity (Wildman–Crippen MR) is 401 cm³/mol. The maximum atomic E-state index is 6.41. The van der Waals surface area contributed by atoms with Crippen LogP contribution in [-0.4, -0.2) is 19.9 Å². The molecule has 0 atom stereocenters. The molecule has 9 aromatic carbocycles. The minimum Gasteiger partial charge on any atom is -0.486 e. The standard InChI is InChI=1S/C91H79N4O.Ir/c1-57-35-39-81-80-33-22-34-82(86(80)96-87(81)95-57)85-42-38-64(56-94-85)76-29-16-19-32-79(76)69-46-67(77-30-17-14-27-74(77)62-36-40-83(92-54-62)60-25-20-23-58(43-60)65-48-70(88(2,3)4)52-71(49-65)89(5,6)7)45-68(47-69)78-31-18-15-28-75(78)63-37-41-84(93-55-63)61-26-21-24-59(44-61)66-50-72(90(8,9)10)53-73(51-66)91(11,12)13;/h14-24,27-33,35-56H,1-13H3;/q-3;+3. The Balaban J connectivity index is 0.00000849. The molecule has 0 fully saturated rings. The van der Waals surface area contributed by atoms with Crippen molar-refractivity contribution in [2.45, 2.75) is 112 Å². The zero-order valence-electron chi connectivity index (χ0n) is 57.6. The number of rotatable bonds is 11. The van der Waals surface area contributed by atoms with Crippen LogP contribution in [0, 0.1) is 25.1 Å². The molecule has 0 radical (unpaired) electrons. The van der Waals surface area contributed by atoms with Crippen LogP contribution >= 0.6 is 0 Å². The van der Waals surface area contributed by atoms with Crippen molar-refractivity contribution >= 4 is 22.1 Å². The summed E-state index contributed by atoms with van der Waals surface area (Å²) < 4.78 is 6.41. The normalized spacial score (nSPS) is 12.1. The summed E-state index contributed by atoms with van der Waals surface area (Å²) in [5.74, 6) is 0. The van der Waals surface area contributed by atoms with E-state index in [-0.39, 0.29) is 41.8 Å². The van der Waals surface area contributed by atoms with Crippen molar-refractivity contribution in [1.29, 1.82) is 0 Å². The SMILES string of the molecule is Cc1ccc2c(n1)oc1c(-c3ccc(-c4ccccc4-c4cc(-c5ccccc5-c5ccc(-c6[c-]ccc(-c7cc(C(C)(C)C)cc(C(C)(C)C)c7)c6)nc5)cc(-c5ccccc5-c5ccc(-c6[c-]ccc(-c7cc(C(C)(C)C)cc(C(C)(C)C)c7)c6)nc5)c4)cn3)[c-]ccc12.[Ir+3]. The maximum Gasteiger partial charge on any atom is 3.00 e. The molecule has 6 heteroatoms. The second kappa shape index (κ2) is 25.9. The smallest absolute Gasteiger partial charge is 0.486 e. The quantitative estimate of drug-likeness (QED) is 0.121. The van der Waals surface area contributed by atoms with Crippen LogP contribution in [0.4, 0.5) is 0 Å². The predicted octanol–water partition coefficient (Wildman–Crippen LogP) is 24.4. The Hall–Kier alpha value is -9.97. The van der Waals surface area contributed by atoms with Crippen LogP contribution in [0.3, 0.4) is 0 Å². The van der Waals surface area contributed by atoms with E-state index >= 15 is 0 Å². The van der Waals surface area contributed by atoms with E-state index in [1.54, 1.807) is 0 Å². The minimum atomic E-state index is -0.0000125. The fourth-order valence-electron chi connectivity index (χ4n) is 13.0.